The van der Waals surface area contributed by atoms with E-state index in [2.05, 4.69) is 32.0 Å². The van der Waals surface area contributed by atoms with Crippen LogP contribution in [0.2, 0.25) is 0 Å². The first-order chi connectivity index (χ1) is 13.6. The van der Waals surface area contributed by atoms with Crippen molar-refractivity contribution in [2.45, 2.75) is 71.3 Å². The van der Waals surface area contributed by atoms with E-state index < -0.39 is 0 Å². The summed E-state index contributed by atoms with van der Waals surface area (Å²) >= 11 is 5.65. The van der Waals surface area contributed by atoms with E-state index in [-0.39, 0.29) is 11.3 Å². The first kappa shape index (κ1) is 21.0. The van der Waals surface area contributed by atoms with Gasteiger partial charge in [0.05, 0.1) is 6.61 Å². The van der Waals surface area contributed by atoms with Gasteiger partial charge in [0.15, 0.2) is 0 Å². The lowest BCUT2D eigenvalue weighted by molar-refractivity contribution is -0.115. The highest BCUT2D eigenvalue weighted by atomic mass is 35.5. The quantitative estimate of drug-likeness (QED) is 0.331. The Morgan fingerprint density at radius 1 is 1.18 bits per heavy atom. The maximum absolute atomic E-state index is 11.4. The number of unbranched alkanes of at least 4 members (excludes halogenated alkanes) is 5. The van der Waals surface area contributed by atoms with E-state index in [1.807, 2.05) is 17.2 Å². The molecule has 152 valence electrons. The van der Waals surface area contributed by atoms with Gasteiger partial charge in [0, 0.05) is 6.54 Å². The smallest absolute Gasteiger partial charge is 0.248 e. The van der Waals surface area contributed by atoms with E-state index >= 15 is 0 Å². The average molecular weight is 402 g/mol. The summed E-state index contributed by atoms with van der Waals surface area (Å²) in [5.74, 6) is 0.988. The Morgan fingerprint density at radius 2 is 1.96 bits per heavy atom. The zero-order valence-corrected chi connectivity index (χ0v) is 17.9. The highest BCUT2D eigenvalue weighted by molar-refractivity contribution is 6.65. The molecule has 0 fully saturated rings. The second-order valence-corrected chi connectivity index (χ2v) is 8.30. The summed E-state index contributed by atoms with van der Waals surface area (Å²) in [6.45, 7) is 6.02. The Morgan fingerprint density at radius 3 is 2.68 bits per heavy atom. The minimum atomic E-state index is -0.302. The number of aryl methyl sites for hydroxylation is 1. The van der Waals surface area contributed by atoms with Crippen LogP contribution in [-0.2, 0) is 11.2 Å². The average Bonchev–Trinajstić information content (AvgIpc) is 2.65. The molecule has 0 amide bonds. The minimum absolute atomic E-state index is 0.263. The standard InChI is InChI=1S/C24H32ClNO2/c1-3-4-5-6-7-8-15-28-21-11-12-22-18(2)20(10-9-19(22)16-21)17-26-14-13-23(26)24(25)27/h11-14,16,23H,3-10,15,17H2,1-2H3. The molecule has 28 heavy (non-hydrogen) atoms. The molecule has 3 rings (SSSR count). The van der Waals surface area contributed by atoms with Gasteiger partial charge >= 0.3 is 0 Å². The van der Waals surface area contributed by atoms with Crippen LogP contribution in [0.5, 0.6) is 5.75 Å². The number of carbonyl (C=O) groups is 1. The second kappa shape index (κ2) is 10.2. The van der Waals surface area contributed by atoms with Crippen LogP contribution in [0, 0.1) is 0 Å². The summed E-state index contributed by atoms with van der Waals surface area (Å²) in [7, 11) is 0. The molecule has 4 heteroatoms. The van der Waals surface area contributed by atoms with Crippen molar-refractivity contribution < 1.29 is 9.53 Å². The van der Waals surface area contributed by atoms with Gasteiger partial charge < -0.3 is 9.64 Å². The maximum Gasteiger partial charge on any atom is 0.248 e. The lowest BCUT2D eigenvalue weighted by Crippen LogP contribution is -2.42. The van der Waals surface area contributed by atoms with E-state index in [9.17, 15) is 4.79 Å². The van der Waals surface area contributed by atoms with Gasteiger partial charge in [-0.2, -0.15) is 0 Å². The number of allylic oxidation sites excluding steroid dienone is 1. The molecular weight excluding hydrogens is 370 g/mol. The van der Waals surface area contributed by atoms with Crippen LogP contribution in [0.3, 0.4) is 0 Å². The fourth-order valence-corrected chi connectivity index (χ4v) is 4.24. The topological polar surface area (TPSA) is 29.5 Å². The Balaban J connectivity index is 1.53. The van der Waals surface area contributed by atoms with Crippen LogP contribution in [-0.4, -0.2) is 29.3 Å². The first-order valence-corrected chi connectivity index (χ1v) is 11.1. The number of fused-ring (bicyclic) bond motifs is 1. The second-order valence-electron chi connectivity index (χ2n) is 7.93. The number of ether oxygens (including phenoxy) is 1. The Kier molecular flexibility index (Phi) is 7.61. The van der Waals surface area contributed by atoms with E-state index in [1.54, 1.807) is 0 Å². The lowest BCUT2D eigenvalue weighted by Gasteiger charge is -2.35. The largest absolute Gasteiger partial charge is 0.494 e. The summed E-state index contributed by atoms with van der Waals surface area (Å²) < 4.78 is 5.99. The normalized spacial score (nSPS) is 18.1. The molecular formula is C24H32ClNO2. The summed E-state index contributed by atoms with van der Waals surface area (Å²) in [6.07, 6.45) is 13.5. The lowest BCUT2D eigenvalue weighted by atomic mass is 9.85. The van der Waals surface area contributed by atoms with Crippen molar-refractivity contribution in [3.05, 3.63) is 47.2 Å². The van der Waals surface area contributed by atoms with Gasteiger partial charge in [-0.3, -0.25) is 4.79 Å². The molecule has 2 aliphatic rings. The predicted molar refractivity (Wildman–Crippen MR) is 117 cm³/mol. The summed E-state index contributed by atoms with van der Waals surface area (Å²) in [5.41, 5.74) is 5.39. The Hall–Kier alpha value is -1.74. The zero-order valence-electron chi connectivity index (χ0n) is 17.2. The molecule has 0 spiro atoms. The molecule has 1 aromatic rings. The van der Waals surface area contributed by atoms with Gasteiger partial charge in [-0.25, -0.2) is 0 Å². The Bertz CT molecular complexity index is 753. The van der Waals surface area contributed by atoms with Crippen molar-refractivity contribution in [3.8, 4) is 5.75 Å². The third-order valence-electron chi connectivity index (χ3n) is 5.90. The van der Waals surface area contributed by atoms with E-state index in [0.29, 0.717) is 0 Å². The number of hydrogen-bond donors (Lipinski definition) is 0. The molecule has 1 atom stereocenters. The third kappa shape index (κ3) is 5.20. The van der Waals surface area contributed by atoms with Crippen LogP contribution >= 0.6 is 11.6 Å². The molecule has 0 radical (unpaired) electrons. The summed E-state index contributed by atoms with van der Waals surface area (Å²) in [5, 5.41) is -0.302. The molecule has 0 aromatic heterocycles. The molecule has 1 heterocycles. The zero-order chi connectivity index (χ0) is 19.9. The number of benzene rings is 1. The van der Waals surface area contributed by atoms with Crippen LogP contribution in [0.15, 0.2) is 36.0 Å². The van der Waals surface area contributed by atoms with Crippen molar-refractivity contribution in [3.63, 3.8) is 0 Å². The number of carbonyl (C=O) groups excluding carboxylic acids is 1. The van der Waals surface area contributed by atoms with Gasteiger partial charge in [-0.05, 0) is 84.5 Å². The van der Waals surface area contributed by atoms with Crippen molar-refractivity contribution in [2.24, 2.45) is 0 Å². The number of hydrogen-bond acceptors (Lipinski definition) is 3. The molecule has 1 aliphatic carbocycles. The van der Waals surface area contributed by atoms with Gasteiger partial charge in [0.25, 0.3) is 0 Å². The number of halogens is 1. The number of rotatable bonds is 11. The fraction of sp³-hybridized carbons (Fsp3) is 0.542. The monoisotopic (exact) mass is 401 g/mol. The predicted octanol–water partition coefficient (Wildman–Crippen LogP) is 6.11. The van der Waals surface area contributed by atoms with Crippen LogP contribution in [0.1, 0.15) is 69.9 Å². The number of nitrogens with zero attached hydrogens (tertiary/aromatic N) is 1. The molecule has 0 bridgehead atoms. The van der Waals surface area contributed by atoms with Crippen LogP contribution < -0.4 is 4.74 Å². The van der Waals surface area contributed by atoms with Gasteiger partial charge in [-0.15, -0.1) is 0 Å². The van der Waals surface area contributed by atoms with E-state index in [0.717, 1.165) is 38.2 Å². The van der Waals surface area contributed by atoms with Crippen molar-refractivity contribution in [2.75, 3.05) is 13.2 Å². The van der Waals surface area contributed by atoms with Crippen molar-refractivity contribution >= 4 is 22.4 Å². The molecule has 0 N–H and O–H groups in total. The third-order valence-corrected chi connectivity index (χ3v) is 6.12. The Labute approximate surface area is 174 Å². The van der Waals surface area contributed by atoms with E-state index in [4.69, 9.17) is 16.3 Å². The van der Waals surface area contributed by atoms with Gasteiger partial charge in [-0.1, -0.05) is 45.1 Å². The van der Waals surface area contributed by atoms with Crippen LogP contribution in [0.4, 0.5) is 0 Å². The minimum Gasteiger partial charge on any atom is -0.494 e. The van der Waals surface area contributed by atoms with Crippen molar-refractivity contribution in [1.29, 1.82) is 0 Å². The molecule has 1 unspecified atom stereocenters. The fourth-order valence-electron chi connectivity index (χ4n) is 4.04. The summed E-state index contributed by atoms with van der Waals surface area (Å²) in [4.78, 5) is 13.4. The SMILES string of the molecule is CCCCCCCCOc1ccc2c(c1)CCC(CN1C=CC1C(=O)Cl)=C2C. The molecule has 3 nitrogen and oxygen atoms in total. The van der Waals surface area contributed by atoms with Gasteiger partial charge in [0.1, 0.15) is 11.8 Å². The highest BCUT2D eigenvalue weighted by Crippen LogP contribution is 2.34. The summed E-state index contributed by atoms with van der Waals surface area (Å²) in [6, 6.07) is 6.23. The van der Waals surface area contributed by atoms with Gasteiger partial charge in [0.2, 0.25) is 5.24 Å². The molecule has 0 saturated carbocycles. The highest BCUT2D eigenvalue weighted by Gasteiger charge is 2.28. The van der Waals surface area contributed by atoms with Crippen molar-refractivity contribution in [1.82, 2.24) is 4.90 Å². The van der Waals surface area contributed by atoms with E-state index in [1.165, 1.54) is 54.4 Å². The first-order valence-electron chi connectivity index (χ1n) is 10.7. The molecule has 0 saturated heterocycles. The van der Waals surface area contributed by atoms with Crippen LogP contribution in [0.25, 0.3) is 5.57 Å². The molecule has 1 aliphatic heterocycles. The molecule has 1 aromatic carbocycles. The maximum atomic E-state index is 11.4.